The molecule has 0 aliphatic heterocycles. The second-order valence-corrected chi connectivity index (χ2v) is 7.76. The SMILES string of the molecule is COCCn1cc(S(=O)(=O)Cl)cc1C(=O)NCC1CCC1. The maximum atomic E-state index is 12.2. The third-order valence-corrected chi connectivity index (χ3v) is 5.02. The van der Waals surface area contributed by atoms with E-state index in [1.165, 1.54) is 18.7 Å². The highest BCUT2D eigenvalue weighted by atomic mass is 35.7. The molecule has 0 radical (unpaired) electrons. The zero-order valence-corrected chi connectivity index (χ0v) is 13.4. The lowest BCUT2D eigenvalue weighted by molar-refractivity contribution is 0.0927. The lowest BCUT2D eigenvalue weighted by atomic mass is 9.85. The van der Waals surface area contributed by atoms with Gasteiger partial charge >= 0.3 is 0 Å². The molecule has 0 spiro atoms. The fourth-order valence-corrected chi connectivity index (χ4v) is 2.97. The van der Waals surface area contributed by atoms with Crippen LogP contribution in [0.3, 0.4) is 0 Å². The Balaban J connectivity index is 2.13. The van der Waals surface area contributed by atoms with E-state index >= 15 is 0 Å². The van der Waals surface area contributed by atoms with E-state index in [9.17, 15) is 13.2 Å². The Hall–Kier alpha value is -1.05. The second-order valence-electron chi connectivity index (χ2n) is 5.19. The van der Waals surface area contributed by atoms with Crippen molar-refractivity contribution < 1.29 is 17.9 Å². The van der Waals surface area contributed by atoms with Crippen molar-refractivity contribution >= 4 is 25.6 Å². The average Bonchev–Trinajstić information content (AvgIpc) is 2.78. The third kappa shape index (κ3) is 4.21. The van der Waals surface area contributed by atoms with E-state index < -0.39 is 9.05 Å². The maximum Gasteiger partial charge on any atom is 0.267 e. The molecule has 6 nitrogen and oxygen atoms in total. The summed E-state index contributed by atoms with van der Waals surface area (Å²) in [5, 5.41) is 2.84. The molecular weight excluding hydrogens is 316 g/mol. The van der Waals surface area contributed by atoms with Crippen LogP contribution < -0.4 is 5.32 Å². The van der Waals surface area contributed by atoms with Crippen LogP contribution in [0.25, 0.3) is 0 Å². The van der Waals surface area contributed by atoms with Gasteiger partial charge in [-0.3, -0.25) is 4.79 Å². The van der Waals surface area contributed by atoms with Gasteiger partial charge in [0.25, 0.3) is 15.0 Å². The Bertz CT molecular complexity index is 608. The summed E-state index contributed by atoms with van der Waals surface area (Å²) in [5.74, 6) is 0.247. The molecule has 2 rings (SSSR count). The smallest absolute Gasteiger partial charge is 0.267 e. The Kier molecular flexibility index (Phi) is 5.29. The van der Waals surface area contributed by atoms with Crippen LogP contribution in [0.15, 0.2) is 17.2 Å². The lowest BCUT2D eigenvalue weighted by Crippen LogP contribution is -2.33. The van der Waals surface area contributed by atoms with Gasteiger partial charge in [-0.1, -0.05) is 6.42 Å². The van der Waals surface area contributed by atoms with Crippen molar-refractivity contribution in [3.8, 4) is 0 Å². The number of amides is 1. The first-order chi connectivity index (χ1) is 9.91. The average molecular weight is 335 g/mol. The molecule has 1 aromatic rings. The molecule has 8 heteroatoms. The van der Waals surface area contributed by atoms with Crippen LogP contribution in [0.5, 0.6) is 0 Å². The van der Waals surface area contributed by atoms with Gasteiger partial charge < -0.3 is 14.6 Å². The van der Waals surface area contributed by atoms with Crippen molar-refractivity contribution in [1.29, 1.82) is 0 Å². The van der Waals surface area contributed by atoms with Gasteiger partial charge in [0, 0.05) is 37.1 Å². The van der Waals surface area contributed by atoms with Gasteiger partial charge in [0.2, 0.25) is 0 Å². The van der Waals surface area contributed by atoms with E-state index in [2.05, 4.69) is 5.32 Å². The lowest BCUT2D eigenvalue weighted by Gasteiger charge is -2.25. The highest BCUT2D eigenvalue weighted by Gasteiger charge is 2.22. The van der Waals surface area contributed by atoms with Crippen molar-refractivity contribution in [3.63, 3.8) is 0 Å². The van der Waals surface area contributed by atoms with E-state index in [-0.39, 0.29) is 16.5 Å². The molecule has 0 atom stereocenters. The fraction of sp³-hybridized carbons (Fsp3) is 0.615. The molecule has 1 heterocycles. The second kappa shape index (κ2) is 6.81. The number of carbonyl (C=O) groups excluding carboxylic acids is 1. The number of rotatable bonds is 7. The molecule has 1 fully saturated rings. The molecule has 0 unspecified atom stereocenters. The first kappa shape index (κ1) is 16.3. The summed E-state index contributed by atoms with van der Waals surface area (Å²) in [6, 6.07) is 1.30. The van der Waals surface area contributed by atoms with Crippen LogP contribution in [0, 0.1) is 5.92 Å². The first-order valence-electron chi connectivity index (χ1n) is 6.84. The molecule has 0 aromatic carbocycles. The molecule has 1 N–H and O–H groups in total. The topological polar surface area (TPSA) is 77.4 Å². The molecule has 0 bridgehead atoms. The summed E-state index contributed by atoms with van der Waals surface area (Å²) in [4.78, 5) is 12.1. The van der Waals surface area contributed by atoms with Crippen molar-refractivity contribution in [3.05, 3.63) is 18.0 Å². The summed E-state index contributed by atoms with van der Waals surface area (Å²) in [6.45, 7) is 1.38. The summed E-state index contributed by atoms with van der Waals surface area (Å²) < 4.78 is 29.3. The number of halogens is 1. The third-order valence-electron chi connectivity index (χ3n) is 3.70. The van der Waals surface area contributed by atoms with Crippen LogP contribution in [0.2, 0.25) is 0 Å². The van der Waals surface area contributed by atoms with Crippen LogP contribution in [-0.2, 0) is 20.3 Å². The fourth-order valence-electron chi connectivity index (χ4n) is 2.21. The Labute approximate surface area is 128 Å². The van der Waals surface area contributed by atoms with Gasteiger partial charge in [0.05, 0.1) is 6.61 Å². The highest BCUT2D eigenvalue weighted by molar-refractivity contribution is 8.13. The molecule has 118 valence electrons. The number of nitrogens with one attached hydrogen (secondary N) is 1. The predicted octanol–water partition coefficient (Wildman–Crippen LogP) is 1.59. The molecule has 1 aliphatic carbocycles. The zero-order valence-electron chi connectivity index (χ0n) is 11.8. The minimum absolute atomic E-state index is 0.0749. The van der Waals surface area contributed by atoms with Crippen LogP contribution in [0.4, 0.5) is 0 Å². The number of methoxy groups -OCH3 is 1. The van der Waals surface area contributed by atoms with Crippen molar-refractivity contribution in [1.82, 2.24) is 9.88 Å². The standard InChI is InChI=1S/C13H19ClN2O4S/c1-20-6-5-16-9-11(21(14,18)19)7-12(16)13(17)15-8-10-3-2-4-10/h7,9-10H,2-6,8H2,1H3,(H,15,17). The molecule has 1 aliphatic rings. The molecule has 1 saturated carbocycles. The van der Waals surface area contributed by atoms with Gasteiger partial charge in [-0.2, -0.15) is 0 Å². The molecule has 1 amide bonds. The summed E-state index contributed by atoms with van der Waals surface area (Å²) in [7, 11) is 3.02. The van der Waals surface area contributed by atoms with Crippen molar-refractivity contribution in [2.45, 2.75) is 30.7 Å². The van der Waals surface area contributed by atoms with E-state index in [0.717, 1.165) is 12.8 Å². The minimum atomic E-state index is -3.86. The van der Waals surface area contributed by atoms with Crippen LogP contribution in [0.1, 0.15) is 29.8 Å². The number of nitrogens with zero attached hydrogens (tertiary/aromatic N) is 1. The number of ether oxygens (including phenoxy) is 1. The van der Waals surface area contributed by atoms with Crippen LogP contribution in [-0.4, -0.2) is 39.2 Å². The van der Waals surface area contributed by atoms with Gasteiger partial charge in [-0.15, -0.1) is 0 Å². The molecule has 1 aromatic heterocycles. The van der Waals surface area contributed by atoms with E-state index in [1.54, 1.807) is 11.7 Å². The van der Waals surface area contributed by atoms with Crippen molar-refractivity contribution in [2.24, 2.45) is 5.92 Å². The van der Waals surface area contributed by atoms with E-state index in [1.807, 2.05) is 0 Å². The summed E-state index contributed by atoms with van der Waals surface area (Å²) in [5.41, 5.74) is 0.283. The molecular formula is C13H19ClN2O4S. The van der Waals surface area contributed by atoms with E-state index in [4.69, 9.17) is 15.4 Å². The maximum absolute atomic E-state index is 12.2. The molecule has 21 heavy (non-hydrogen) atoms. The van der Waals surface area contributed by atoms with Gasteiger partial charge in [-0.25, -0.2) is 8.42 Å². The van der Waals surface area contributed by atoms with Crippen LogP contribution >= 0.6 is 10.7 Å². The Morgan fingerprint density at radius 1 is 1.52 bits per heavy atom. The highest BCUT2D eigenvalue weighted by Crippen LogP contribution is 2.25. The van der Waals surface area contributed by atoms with Crippen molar-refractivity contribution in [2.75, 3.05) is 20.3 Å². The largest absolute Gasteiger partial charge is 0.383 e. The molecule has 0 saturated heterocycles. The number of carbonyl (C=O) groups is 1. The van der Waals surface area contributed by atoms with Gasteiger partial charge in [0.1, 0.15) is 10.6 Å². The normalized spacial score (nSPS) is 15.7. The number of hydrogen-bond donors (Lipinski definition) is 1. The predicted molar refractivity (Wildman–Crippen MR) is 79.0 cm³/mol. The summed E-state index contributed by atoms with van der Waals surface area (Å²) >= 11 is 0. The van der Waals surface area contributed by atoms with Gasteiger partial charge in [0.15, 0.2) is 0 Å². The number of hydrogen-bond acceptors (Lipinski definition) is 4. The zero-order chi connectivity index (χ0) is 15.5. The quantitative estimate of drug-likeness (QED) is 0.768. The van der Waals surface area contributed by atoms with Gasteiger partial charge in [-0.05, 0) is 24.8 Å². The Morgan fingerprint density at radius 3 is 2.76 bits per heavy atom. The first-order valence-corrected chi connectivity index (χ1v) is 9.14. The summed E-state index contributed by atoms with van der Waals surface area (Å²) in [6.07, 6.45) is 4.83. The minimum Gasteiger partial charge on any atom is -0.383 e. The Morgan fingerprint density at radius 2 is 2.24 bits per heavy atom. The van der Waals surface area contributed by atoms with E-state index in [0.29, 0.717) is 25.6 Å². The monoisotopic (exact) mass is 334 g/mol. The number of aromatic nitrogens is 1.